The summed E-state index contributed by atoms with van der Waals surface area (Å²) in [5.41, 5.74) is 4.98. The van der Waals surface area contributed by atoms with Crippen LogP contribution in [-0.4, -0.2) is 17.6 Å². The number of thioether (sulfide) groups is 1. The summed E-state index contributed by atoms with van der Waals surface area (Å²) >= 11 is 1.61. The van der Waals surface area contributed by atoms with Gasteiger partial charge in [-0.05, 0) is 43.2 Å². The Morgan fingerprint density at radius 3 is 2.71 bits per heavy atom. The molecule has 1 atom stereocenters. The number of nitrogens with one attached hydrogen (secondary N) is 1. The van der Waals surface area contributed by atoms with Crippen LogP contribution in [0.1, 0.15) is 29.0 Å². The first-order valence-corrected chi connectivity index (χ1v) is 8.89. The lowest BCUT2D eigenvalue weighted by Gasteiger charge is -2.26. The lowest BCUT2D eigenvalue weighted by atomic mass is 10.1. The topological polar surface area (TPSA) is 49.4 Å². The molecule has 1 aliphatic heterocycles. The van der Waals surface area contributed by atoms with Crippen LogP contribution in [0.25, 0.3) is 0 Å². The number of rotatable bonds is 3. The molecule has 4 nitrogen and oxygen atoms in total. The first-order valence-electron chi connectivity index (χ1n) is 7.84. The minimum absolute atomic E-state index is 0.0763. The van der Waals surface area contributed by atoms with Gasteiger partial charge >= 0.3 is 0 Å². The lowest BCUT2D eigenvalue weighted by Crippen LogP contribution is -2.28. The van der Waals surface area contributed by atoms with Gasteiger partial charge in [-0.1, -0.05) is 29.8 Å². The van der Waals surface area contributed by atoms with E-state index in [0.717, 1.165) is 22.5 Å². The quantitative estimate of drug-likeness (QED) is 0.917. The van der Waals surface area contributed by atoms with Gasteiger partial charge in [-0.2, -0.15) is 0 Å². The Balaban J connectivity index is 1.97. The van der Waals surface area contributed by atoms with Gasteiger partial charge in [-0.3, -0.25) is 14.5 Å². The van der Waals surface area contributed by atoms with E-state index >= 15 is 0 Å². The molecular weight excluding hydrogens is 320 g/mol. The van der Waals surface area contributed by atoms with E-state index in [1.807, 2.05) is 55.1 Å². The van der Waals surface area contributed by atoms with Gasteiger partial charge in [-0.25, -0.2) is 0 Å². The molecule has 0 aliphatic carbocycles. The van der Waals surface area contributed by atoms with Crippen LogP contribution in [0.15, 0.2) is 42.5 Å². The molecule has 0 unspecified atom stereocenters. The van der Waals surface area contributed by atoms with Crippen molar-refractivity contribution in [2.45, 2.75) is 26.1 Å². The fraction of sp³-hybridized carbons (Fsp3) is 0.263. The van der Waals surface area contributed by atoms with Crippen molar-refractivity contribution in [3.63, 3.8) is 0 Å². The summed E-state index contributed by atoms with van der Waals surface area (Å²) in [5.74, 6) is 0.470. The van der Waals surface area contributed by atoms with E-state index < -0.39 is 0 Å². The highest BCUT2D eigenvalue weighted by atomic mass is 32.2. The number of hydrogen-bond donors (Lipinski definition) is 1. The molecule has 1 aliphatic rings. The second-order valence-electron chi connectivity index (χ2n) is 6.02. The van der Waals surface area contributed by atoms with Crippen LogP contribution >= 0.6 is 11.8 Å². The van der Waals surface area contributed by atoms with E-state index in [2.05, 4.69) is 11.4 Å². The predicted molar refractivity (Wildman–Crippen MR) is 99.3 cm³/mol. The summed E-state index contributed by atoms with van der Waals surface area (Å²) in [6.07, 6.45) is 0. The predicted octanol–water partition coefficient (Wildman–Crippen LogP) is 4.04. The highest BCUT2D eigenvalue weighted by molar-refractivity contribution is 8.00. The van der Waals surface area contributed by atoms with E-state index in [-0.39, 0.29) is 17.2 Å². The van der Waals surface area contributed by atoms with Gasteiger partial charge in [0.15, 0.2) is 0 Å². The molecule has 124 valence electrons. The van der Waals surface area contributed by atoms with Gasteiger partial charge in [-0.15, -0.1) is 11.8 Å². The average molecular weight is 340 g/mol. The molecule has 1 N–H and O–H groups in total. The first kappa shape index (κ1) is 16.6. The van der Waals surface area contributed by atoms with Crippen molar-refractivity contribution in [3.8, 4) is 0 Å². The molecule has 2 aromatic rings. The van der Waals surface area contributed by atoms with Crippen molar-refractivity contribution in [1.82, 2.24) is 0 Å². The van der Waals surface area contributed by atoms with Gasteiger partial charge in [0.05, 0.1) is 5.75 Å². The third-order valence-corrected chi connectivity index (χ3v) is 5.18. The van der Waals surface area contributed by atoms with Crippen molar-refractivity contribution in [2.75, 3.05) is 16.0 Å². The van der Waals surface area contributed by atoms with Gasteiger partial charge in [0.25, 0.3) is 0 Å². The van der Waals surface area contributed by atoms with Crippen LogP contribution in [0.4, 0.5) is 11.4 Å². The summed E-state index contributed by atoms with van der Waals surface area (Å²) in [7, 11) is 0. The maximum absolute atomic E-state index is 12.5. The Morgan fingerprint density at radius 1 is 1.21 bits per heavy atom. The molecule has 1 fully saturated rings. The third kappa shape index (κ3) is 3.31. The Bertz CT molecular complexity index is 804. The fourth-order valence-electron chi connectivity index (χ4n) is 2.98. The normalized spacial score (nSPS) is 17.2. The molecular formula is C19H20N2O2S. The zero-order valence-electron chi connectivity index (χ0n) is 14.0. The summed E-state index contributed by atoms with van der Waals surface area (Å²) < 4.78 is 0. The largest absolute Gasteiger partial charge is 0.326 e. The average Bonchev–Trinajstić information content (AvgIpc) is 2.89. The molecule has 5 heteroatoms. The number of anilines is 2. The monoisotopic (exact) mass is 340 g/mol. The first-order chi connectivity index (χ1) is 11.5. The van der Waals surface area contributed by atoms with Crippen LogP contribution < -0.4 is 10.2 Å². The van der Waals surface area contributed by atoms with Gasteiger partial charge in [0, 0.05) is 18.3 Å². The summed E-state index contributed by atoms with van der Waals surface area (Å²) in [5, 5.41) is 2.73. The molecule has 0 radical (unpaired) electrons. The van der Waals surface area contributed by atoms with Crippen molar-refractivity contribution in [3.05, 3.63) is 59.2 Å². The number of nitrogens with zero attached hydrogens (tertiary/aromatic N) is 1. The van der Waals surface area contributed by atoms with Crippen LogP contribution in [0.3, 0.4) is 0 Å². The summed E-state index contributed by atoms with van der Waals surface area (Å²) in [6, 6.07) is 13.8. The Morgan fingerprint density at radius 2 is 2.00 bits per heavy atom. The third-order valence-electron chi connectivity index (χ3n) is 3.97. The van der Waals surface area contributed by atoms with Crippen molar-refractivity contribution < 1.29 is 9.59 Å². The smallest absolute Gasteiger partial charge is 0.238 e. The Labute approximate surface area is 146 Å². The number of carbonyl (C=O) groups excluding carboxylic acids is 2. The van der Waals surface area contributed by atoms with E-state index in [1.165, 1.54) is 12.5 Å². The zero-order chi connectivity index (χ0) is 17.3. The summed E-state index contributed by atoms with van der Waals surface area (Å²) in [6.45, 7) is 5.57. The van der Waals surface area contributed by atoms with Crippen molar-refractivity contribution >= 4 is 35.0 Å². The lowest BCUT2D eigenvalue weighted by molar-refractivity contribution is -0.116. The van der Waals surface area contributed by atoms with Crippen LogP contribution in [-0.2, 0) is 9.59 Å². The van der Waals surface area contributed by atoms with Crippen LogP contribution in [0, 0.1) is 13.8 Å². The van der Waals surface area contributed by atoms with E-state index in [9.17, 15) is 9.59 Å². The molecule has 24 heavy (non-hydrogen) atoms. The number of hydrogen-bond acceptors (Lipinski definition) is 3. The minimum Gasteiger partial charge on any atom is -0.326 e. The highest BCUT2D eigenvalue weighted by Gasteiger charge is 2.34. The Hall–Kier alpha value is -2.27. The number of benzene rings is 2. The number of aryl methyl sites for hydroxylation is 2. The number of amides is 2. The second kappa shape index (κ2) is 6.69. The highest BCUT2D eigenvalue weighted by Crippen LogP contribution is 2.43. The van der Waals surface area contributed by atoms with E-state index in [0.29, 0.717) is 5.75 Å². The van der Waals surface area contributed by atoms with Crippen molar-refractivity contribution in [1.29, 1.82) is 0 Å². The molecule has 1 saturated heterocycles. The fourth-order valence-corrected chi connectivity index (χ4v) is 4.14. The molecule has 0 spiro atoms. The minimum atomic E-state index is -0.103. The maximum atomic E-state index is 12.5. The zero-order valence-corrected chi connectivity index (χ0v) is 14.8. The van der Waals surface area contributed by atoms with E-state index in [4.69, 9.17) is 0 Å². The number of carbonyl (C=O) groups is 2. The van der Waals surface area contributed by atoms with Gasteiger partial charge < -0.3 is 5.32 Å². The standard InChI is InChI=1S/C19H20N2O2S/c1-12-7-8-17(13(2)9-12)21-18(23)11-24-19(21)15-5-4-6-16(10-15)20-14(3)22/h4-10,19H,11H2,1-3H3,(H,20,22)/t19-/m1/s1. The molecule has 0 aromatic heterocycles. The molecule has 2 amide bonds. The van der Waals surface area contributed by atoms with Gasteiger partial charge in [0.2, 0.25) is 11.8 Å². The van der Waals surface area contributed by atoms with E-state index in [1.54, 1.807) is 11.8 Å². The Kier molecular flexibility index (Phi) is 4.62. The van der Waals surface area contributed by atoms with Crippen LogP contribution in [0.5, 0.6) is 0 Å². The van der Waals surface area contributed by atoms with Crippen LogP contribution in [0.2, 0.25) is 0 Å². The maximum Gasteiger partial charge on any atom is 0.238 e. The van der Waals surface area contributed by atoms with Gasteiger partial charge in [0.1, 0.15) is 5.37 Å². The SMILES string of the molecule is CC(=O)Nc1cccc([C@H]2SCC(=O)N2c2ccc(C)cc2C)c1. The molecule has 1 heterocycles. The summed E-state index contributed by atoms with van der Waals surface area (Å²) in [4.78, 5) is 25.6. The van der Waals surface area contributed by atoms with Crippen molar-refractivity contribution in [2.24, 2.45) is 0 Å². The second-order valence-corrected chi connectivity index (χ2v) is 7.09. The molecule has 2 aromatic carbocycles. The molecule has 0 bridgehead atoms. The molecule has 0 saturated carbocycles. The molecule has 3 rings (SSSR count).